The number of aromatic nitrogens is 2. The summed E-state index contributed by atoms with van der Waals surface area (Å²) in [4.78, 5) is 61.8. The summed E-state index contributed by atoms with van der Waals surface area (Å²) in [5.41, 5.74) is 6.89. The van der Waals surface area contributed by atoms with E-state index in [9.17, 15) is 24.3 Å². The summed E-state index contributed by atoms with van der Waals surface area (Å²) in [5, 5.41) is 14.8. The van der Waals surface area contributed by atoms with E-state index >= 15 is 0 Å². The number of fused-ring (bicyclic) bond motifs is 5. The molecule has 2 aromatic heterocycles. The molecule has 0 saturated heterocycles. The SMILES string of the molecule is CCOC(=O)C1=C(C)NC(C)=C(C(=O)OCC)C1c1ccc(N=Cc2c3c(nc4ccccc24)-c2cc4c(c(=O)n2C3)COC(=O)CC4O)cc1. The molecule has 3 aliphatic rings. The number of esters is 3. The third kappa shape index (κ3) is 5.91. The molecule has 1 unspecified atom stereocenters. The van der Waals surface area contributed by atoms with Crippen LogP contribution in [0.5, 0.6) is 0 Å². The number of rotatable bonds is 7. The van der Waals surface area contributed by atoms with Crippen molar-refractivity contribution in [1.82, 2.24) is 14.9 Å². The maximum Gasteiger partial charge on any atom is 0.336 e. The van der Waals surface area contributed by atoms with Gasteiger partial charge in [-0.25, -0.2) is 14.6 Å². The molecule has 260 valence electrons. The van der Waals surface area contributed by atoms with E-state index in [0.29, 0.717) is 56.3 Å². The molecule has 4 aromatic rings. The molecule has 0 radical (unpaired) electrons. The van der Waals surface area contributed by atoms with Gasteiger partial charge in [-0.1, -0.05) is 30.3 Å². The lowest BCUT2D eigenvalue weighted by atomic mass is 9.80. The van der Waals surface area contributed by atoms with Crippen LogP contribution in [0.15, 0.2) is 86.9 Å². The lowest BCUT2D eigenvalue weighted by molar-refractivity contribution is -0.146. The lowest BCUT2D eigenvalue weighted by Crippen LogP contribution is -2.32. The zero-order valence-electron chi connectivity index (χ0n) is 28.6. The van der Waals surface area contributed by atoms with Gasteiger partial charge in [0.1, 0.15) is 6.61 Å². The van der Waals surface area contributed by atoms with Crippen molar-refractivity contribution in [2.75, 3.05) is 13.2 Å². The Kier molecular flexibility index (Phi) is 8.86. The molecule has 51 heavy (non-hydrogen) atoms. The highest BCUT2D eigenvalue weighted by molar-refractivity contribution is 6.03. The van der Waals surface area contributed by atoms with Gasteiger partial charge in [0, 0.05) is 34.1 Å². The minimum Gasteiger partial charge on any atom is -0.463 e. The van der Waals surface area contributed by atoms with E-state index in [1.165, 1.54) is 0 Å². The Balaban J connectivity index is 1.28. The van der Waals surface area contributed by atoms with Crippen LogP contribution in [-0.2, 0) is 41.7 Å². The lowest BCUT2D eigenvalue weighted by Gasteiger charge is -2.30. The van der Waals surface area contributed by atoms with Gasteiger partial charge in [0.25, 0.3) is 5.56 Å². The monoisotopic (exact) mass is 688 g/mol. The van der Waals surface area contributed by atoms with Gasteiger partial charge in [-0.3, -0.25) is 14.6 Å². The van der Waals surface area contributed by atoms with E-state index < -0.39 is 29.9 Å². The molecule has 0 bridgehead atoms. The van der Waals surface area contributed by atoms with E-state index in [1.807, 2.05) is 48.5 Å². The van der Waals surface area contributed by atoms with Crippen LogP contribution in [0, 0.1) is 0 Å². The van der Waals surface area contributed by atoms with Crippen LogP contribution in [0.2, 0.25) is 0 Å². The van der Waals surface area contributed by atoms with Crippen molar-refractivity contribution in [1.29, 1.82) is 0 Å². The van der Waals surface area contributed by atoms with Gasteiger partial charge < -0.3 is 29.2 Å². The highest BCUT2D eigenvalue weighted by atomic mass is 16.5. The van der Waals surface area contributed by atoms with Crippen molar-refractivity contribution in [3.8, 4) is 11.4 Å². The first-order chi connectivity index (χ1) is 24.6. The number of nitrogens with one attached hydrogen (secondary N) is 1. The maximum absolute atomic E-state index is 13.7. The molecule has 0 saturated carbocycles. The maximum atomic E-state index is 13.7. The van der Waals surface area contributed by atoms with Crippen LogP contribution in [0.1, 0.15) is 74.0 Å². The van der Waals surface area contributed by atoms with E-state index in [1.54, 1.807) is 44.5 Å². The van der Waals surface area contributed by atoms with Gasteiger partial charge in [-0.2, -0.15) is 0 Å². The number of benzene rings is 2. The van der Waals surface area contributed by atoms with Crippen LogP contribution in [0.25, 0.3) is 22.3 Å². The molecule has 12 heteroatoms. The molecular weight excluding hydrogens is 652 g/mol. The first kappa shape index (κ1) is 33.6. The van der Waals surface area contributed by atoms with Crippen molar-refractivity contribution >= 4 is 40.7 Å². The number of pyridine rings is 2. The molecule has 2 aromatic carbocycles. The molecule has 0 amide bonds. The number of hydrogen-bond donors (Lipinski definition) is 2. The van der Waals surface area contributed by atoms with Gasteiger partial charge in [0.05, 0.1) is 77.5 Å². The summed E-state index contributed by atoms with van der Waals surface area (Å²) >= 11 is 0. The van der Waals surface area contributed by atoms with Gasteiger partial charge in [-0.15, -0.1) is 0 Å². The Morgan fingerprint density at radius 1 is 1.00 bits per heavy atom. The number of aliphatic imine (C=N–C) groups is 1. The minimum absolute atomic E-state index is 0.181. The zero-order chi connectivity index (χ0) is 36.0. The Labute approximate surface area is 293 Å². The Morgan fingerprint density at radius 3 is 2.33 bits per heavy atom. The van der Waals surface area contributed by atoms with Crippen LogP contribution >= 0.6 is 0 Å². The number of para-hydroxylation sites is 1. The third-order valence-electron chi connectivity index (χ3n) is 9.45. The van der Waals surface area contributed by atoms with Crippen molar-refractivity contribution in [2.24, 2.45) is 4.99 Å². The van der Waals surface area contributed by atoms with Crippen LogP contribution in [0.4, 0.5) is 5.69 Å². The van der Waals surface area contributed by atoms with Crippen molar-refractivity contribution < 1.29 is 33.7 Å². The summed E-state index contributed by atoms with van der Waals surface area (Å²) in [6.45, 7) is 7.40. The number of allylic oxidation sites excluding steroid dienone is 2. The predicted molar refractivity (Wildman–Crippen MR) is 188 cm³/mol. The van der Waals surface area contributed by atoms with Crippen molar-refractivity contribution in [3.05, 3.63) is 115 Å². The number of carbonyl (C=O) groups excluding carboxylic acids is 3. The average Bonchev–Trinajstić information content (AvgIpc) is 3.40. The molecule has 3 aliphatic heterocycles. The number of carbonyl (C=O) groups is 3. The van der Waals surface area contributed by atoms with Crippen molar-refractivity contribution in [2.45, 2.75) is 59.3 Å². The highest BCUT2D eigenvalue weighted by Gasteiger charge is 2.38. The average molecular weight is 689 g/mol. The number of aliphatic hydroxyl groups is 1. The molecule has 2 N–H and O–H groups in total. The first-order valence-corrected chi connectivity index (χ1v) is 16.8. The first-order valence-electron chi connectivity index (χ1n) is 16.8. The third-order valence-corrected chi connectivity index (χ3v) is 9.45. The van der Waals surface area contributed by atoms with Crippen LogP contribution in [0.3, 0.4) is 0 Å². The Hall–Kier alpha value is -5.88. The number of nitrogens with zero attached hydrogens (tertiary/aromatic N) is 3. The highest BCUT2D eigenvalue weighted by Crippen LogP contribution is 2.41. The van der Waals surface area contributed by atoms with Crippen LogP contribution < -0.4 is 10.9 Å². The van der Waals surface area contributed by atoms with Gasteiger partial charge in [0.15, 0.2) is 0 Å². The van der Waals surface area contributed by atoms with Gasteiger partial charge in [0.2, 0.25) is 0 Å². The molecule has 5 heterocycles. The van der Waals surface area contributed by atoms with Crippen LogP contribution in [-0.4, -0.2) is 52.0 Å². The number of dihydropyridines is 1. The summed E-state index contributed by atoms with van der Waals surface area (Å²) in [5.74, 6) is -2.32. The normalized spacial score (nSPS) is 17.1. The summed E-state index contributed by atoms with van der Waals surface area (Å²) in [7, 11) is 0. The number of ether oxygens (including phenoxy) is 3. The molecule has 1 atom stereocenters. The largest absolute Gasteiger partial charge is 0.463 e. The number of hydrogen-bond acceptors (Lipinski definition) is 11. The minimum atomic E-state index is -1.16. The molecule has 12 nitrogen and oxygen atoms in total. The fourth-order valence-electron chi connectivity index (χ4n) is 7.12. The zero-order valence-corrected chi connectivity index (χ0v) is 28.6. The summed E-state index contributed by atoms with van der Waals surface area (Å²) in [6, 6.07) is 16.7. The summed E-state index contributed by atoms with van der Waals surface area (Å²) < 4.78 is 17.6. The Morgan fingerprint density at radius 2 is 1.67 bits per heavy atom. The second-order valence-electron chi connectivity index (χ2n) is 12.5. The van der Waals surface area contributed by atoms with Gasteiger partial charge in [-0.05, 0) is 63.1 Å². The van der Waals surface area contributed by atoms with E-state index in [2.05, 4.69) is 5.32 Å². The van der Waals surface area contributed by atoms with E-state index in [4.69, 9.17) is 24.2 Å². The number of cyclic esters (lactones) is 1. The van der Waals surface area contributed by atoms with E-state index in [-0.39, 0.29) is 43.9 Å². The Bertz CT molecular complexity index is 2240. The smallest absolute Gasteiger partial charge is 0.336 e. The molecule has 7 rings (SSSR count). The quantitative estimate of drug-likeness (QED) is 0.135. The molecule has 0 fully saturated rings. The topological polar surface area (TPSA) is 158 Å². The predicted octanol–water partition coefficient (Wildman–Crippen LogP) is 5.02. The van der Waals surface area contributed by atoms with Gasteiger partial charge >= 0.3 is 17.9 Å². The number of aliphatic hydroxyl groups excluding tert-OH is 1. The standard InChI is InChI=1S/C39H36N4O8/c1-5-49-38(47)33-20(3)41-21(4)34(39(48)50-6-2)35(33)22-11-13-23(14-12-22)40-17-26-24-9-7-8-10-29(24)42-36-27(26)18-43-30(36)15-25-28(37(43)46)19-51-32(45)16-31(25)44/h7-15,17,31,35,41,44H,5-6,16,18-19H2,1-4H3. The summed E-state index contributed by atoms with van der Waals surface area (Å²) in [6.07, 6.45) is 0.360. The fourth-order valence-corrected chi connectivity index (χ4v) is 7.12. The second kappa shape index (κ2) is 13.4. The molecule has 0 aliphatic carbocycles. The molecule has 0 spiro atoms. The fraction of sp³-hybridized carbons (Fsp3) is 0.282. The second-order valence-corrected chi connectivity index (χ2v) is 12.5. The molecular formula is C39H36N4O8. The van der Waals surface area contributed by atoms with Crippen molar-refractivity contribution in [3.63, 3.8) is 0 Å². The van der Waals surface area contributed by atoms with E-state index in [0.717, 1.165) is 16.5 Å².